The average molecular weight is 976 g/mol. The van der Waals surface area contributed by atoms with E-state index in [0.29, 0.717) is 37.3 Å². The average Bonchev–Trinajstić information content (AvgIpc) is 3.98. The Bertz CT molecular complexity index is 1960. The normalized spacial score (nSPS) is 30.8. The van der Waals surface area contributed by atoms with Gasteiger partial charge in [0.15, 0.2) is 6.10 Å². The van der Waals surface area contributed by atoms with Crippen LogP contribution in [0.2, 0.25) is 0 Å². The molecule has 0 spiro atoms. The van der Waals surface area contributed by atoms with Crippen LogP contribution in [0.3, 0.4) is 0 Å². The van der Waals surface area contributed by atoms with Gasteiger partial charge in [-0.2, -0.15) is 0 Å². The number of cyclic esters (lactones) is 1. The van der Waals surface area contributed by atoms with Crippen LogP contribution in [-0.4, -0.2) is 176 Å². The van der Waals surface area contributed by atoms with Crippen LogP contribution in [0.4, 0.5) is 0 Å². The summed E-state index contributed by atoms with van der Waals surface area (Å²) in [5.41, 5.74) is -0.0890. The van der Waals surface area contributed by atoms with Crippen LogP contribution in [0.25, 0.3) is 0 Å². The Morgan fingerprint density at radius 3 is 1.99 bits per heavy atom. The number of hydrogen-bond acceptors (Lipinski definition) is 14. The second-order valence-electron chi connectivity index (χ2n) is 19.3. The molecule has 0 aromatic heterocycles. The molecule has 2 bridgehead atoms. The third-order valence-corrected chi connectivity index (χ3v) is 13.6. The van der Waals surface area contributed by atoms with Crippen LogP contribution < -0.4 is 26.6 Å². The number of hydrogen-bond donors (Lipinski definition) is 7. The summed E-state index contributed by atoms with van der Waals surface area (Å²) in [5.74, 6) is -7.11. The number of esters is 1. The van der Waals surface area contributed by atoms with Gasteiger partial charge in [-0.25, -0.2) is 4.79 Å². The van der Waals surface area contributed by atoms with Gasteiger partial charge in [-0.3, -0.25) is 43.3 Å². The predicted molar refractivity (Wildman–Crippen MR) is 252 cm³/mol. The molecule has 4 heterocycles. The third-order valence-electron chi connectivity index (χ3n) is 12.4. The molecule has 0 saturated carbocycles. The summed E-state index contributed by atoms with van der Waals surface area (Å²) in [4.78, 5) is 133. The summed E-state index contributed by atoms with van der Waals surface area (Å²) in [6.07, 6.45) is 0.982. The van der Waals surface area contributed by atoms with Crippen LogP contribution in [-0.2, 0) is 47.9 Å². The van der Waals surface area contributed by atoms with E-state index in [2.05, 4.69) is 26.6 Å². The number of aliphatic hydroxyl groups excluding tert-OH is 2. The zero-order chi connectivity index (χ0) is 50.7. The van der Waals surface area contributed by atoms with Gasteiger partial charge in [-0.1, -0.05) is 47.6 Å². The van der Waals surface area contributed by atoms with E-state index in [0.717, 1.165) is 4.90 Å². The van der Waals surface area contributed by atoms with Gasteiger partial charge in [0.2, 0.25) is 35.4 Å². The number of carbonyl (C=O) groups excluding carboxylic acids is 9. The lowest BCUT2D eigenvalue weighted by atomic mass is 9.99. The van der Waals surface area contributed by atoms with Crippen molar-refractivity contribution in [1.82, 2.24) is 41.3 Å². The topological polar surface area (TPSA) is 286 Å². The van der Waals surface area contributed by atoms with Crippen LogP contribution in [0, 0.1) is 17.8 Å². The van der Waals surface area contributed by atoms with E-state index in [1.54, 1.807) is 25.7 Å². The number of piperidine rings is 1. The van der Waals surface area contributed by atoms with Gasteiger partial charge in [0, 0.05) is 25.9 Å². The first-order valence-corrected chi connectivity index (χ1v) is 24.8. The lowest BCUT2D eigenvalue weighted by molar-refractivity contribution is -0.161. The first kappa shape index (κ1) is 55.5. The minimum absolute atomic E-state index is 0.0260. The predicted octanol–water partition coefficient (Wildman–Crippen LogP) is -0.275. The van der Waals surface area contributed by atoms with Crippen LogP contribution >= 0.6 is 11.8 Å². The molecule has 22 heteroatoms. The van der Waals surface area contributed by atoms with Crippen molar-refractivity contribution in [3.63, 3.8) is 0 Å². The molecule has 0 aromatic rings. The highest BCUT2D eigenvalue weighted by molar-refractivity contribution is 8.14. The molecule has 0 aromatic carbocycles. The number of nitrogens with zero attached hydrogens (tertiary/aromatic N) is 4. The number of nitrogens with one attached hydrogen (secondary N) is 5. The van der Waals surface area contributed by atoms with E-state index < -0.39 is 120 Å². The number of rotatable bonds is 6. The first-order chi connectivity index (χ1) is 32.0. The molecule has 68 heavy (non-hydrogen) atoms. The molecule has 8 amide bonds. The summed E-state index contributed by atoms with van der Waals surface area (Å²) in [7, 11) is 1.27. The molecule has 380 valence electrons. The van der Waals surface area contributed by atoms with Crippen molar-refractivity contribution in [3.05, 3.63) is 11.8 Å². The first-order valence-electron chi connectivity index (χ1n) is 23.8. The summed E-state index contributed by atoms with van der Waals surface area (Å²) < 4.78 is 5.31. The third kappa shape index (κ3) is 14.2. The van der Waals surface area contributed by atoms with Gasteiger partial charge in [0.05, 0.1) is 17.2 Å². The zero-order valence-electron chi connectivity index (χ0n) is 41.0. The Balaban J connectivity index is 1.70. The Labute approximate surface area is 403 Å². The maximum Gasteiger partial charge on any atom is 0.329 e. The lowest BCUT2D eigenvalue weighted by Crippen LogP contribution is -2.61. The molecular weight excluding hydrogens is 903 g/mol. The molecule has 2 saturated heterocycles. The summed E-state index contributed by atoms with van der Waals surface area (Å²) >= 11 is 1.33. The Kier molecular flexibility index (Phi) is 20.4. The maximum absolute atomic E-state index is 14.4. The highest BCUT2D eigenvalue weighted by atomic mass is 32.2. The second kappa shape index (κ2) is 25.0. The number of aliphatic imine (C=N–C) groups is 1. The lowest BCUT2D eigenvalue weighted by Gasteiger charge is -2.37. The fourth-order valence-corrected chi connectivity index (χ4v) is 9.99. The zero-order valence-corrected chi connectivity index (χ0v) is 41.9. The number of thioether (sulfide) groups is 1. The van der Waals surface area contributed by atoms with Crippen molar-refractivity contribution in [1.29, 1.82) is 0 Å². The van der Waals surface area contributed by atoms with Gasteiger partial charge >= 0.3 is 5.97 Å². The molecular formula is C46H73N9O12S. The molecule has 10 atom stereocenters. The molecule has 7 N–H and O–H groups in total. The molecule has 21 nitrogen and oxygen atoms in total. The number of aliphatic hydroxyl groups is 2. The van der Waals surface area contributed by atoms with Crippen LogP contribution in [0.15, 0.2) is 16.8 Å². The van der Waals surface area contributed by atoms with E-state index >= 15 is 0 Å². The van der Waals surface area contributed by atoms with Gasteiger partial charge in [0.1, 0.15) is 54.6 Å². The second-order valence-corrected chi connectivity index (χ2v) is 20.3. The summed E-state index contributed by atoms with van der Waals surface area (Å²) in [5, 5.41) is 35.3. The summed E-state index contributed by atoms with van der Waals surface area (Å²) in [6, 6.07) is -8.76. The Morgan fingerprint density at radius 2 is 1.37 bits per heavy atom. The van der Waals surface area contributed by atoms with Gasteiger partial charge in [0.25, 0.3) is 11.8 Å². The maximum atomic E-state index is 14.4. The number of ether oxygens (including phenoxy) is 1. The molecule has 2 fully saturated rings. The van der Waals surface area contributed by atoms with Crippen molar-refractivity contribution < 1.29 is 58.1 Å². The molecule has 4 aliphatic heterocycles. The Hall–Kier alpha value is -5.09. The van der Waals surface area contributed by atoms with Crippen LogP contribution in [0.1, 0.15) is 107 Å². The highest BCUT2D eigenvalue weighted by Gasteiger charge is 2.43. The molecule has 0 radical (unpaired) electrons. The Morgan fingerprint density at radius 1 is 0.750 bits per heavy atom. The molecule has 1 unspecified atom stereocenters. The minimum Gasteiger partial charge on any atom is -0.461 e. The number of allylic oxidation sites excluding steroid dienone is 1. The standard InChI is InChI=1S/C46H73N9O12S/c1-11-28-43(63)54-17-13-12-15-32(54)40(61)52-35(27(9)56)45(65)53(10)36(25(6)7)46(66)67-21-34(57)41(62)47-26(8)37(58)49-29(19-23(2)3)38(59)50-30(20-24(4)5)44(64)55-18-14-16-33(55)42-51-31(22-68-42)39(60)48-28/h11,23-27,29-36,56-57H,12-22H2,1-10H3,(H,47,62)(H,48,60)(H,49,58)(H,50,59)(H,52,61)/b28-11+/t26-,27?,29+,30+,31-,32-,33-,34-,35-,36-/m0/s1. The number of likely N-dealkylation sites (N-methyl/N-ethyl adjacent to an activating group) is 1. The molecule has 4 rings (SSSR count). The van der Waals surface area contributed by atoms with Crippen molar-refractivity contribution in [3.8, 4) is 0 Å². The van der Waals surface area contributed by atoms with E-state index in [9.17, 15) is 53.4 Å². The van der Waals surface area contributed by atoms with Gasteiger partial charge in [-0.15, -0.1) is 11.8 Å². The quantitative estimate of drug-likeness (QED) is 0.134. The fraction of sp³-hybridized carbons (Fsp3) is 0.739. The fourth-order valence-electron chi connectivity index (χ4n) is 8.80. The molecule has 4 aliphatic rings. The number of amides is 8. The number of carbonyl (C=O) groups is 9. The number of fused-ring (bicyclic) bond motifs is 4. The van der Waals surface area contributed by atoms with Gasteiger partial charge in [-0.05, 0) is 83.5 Å². The largest absolute Gasteiger partial charge is 0.461 e. The van der Waals surface area contributed by atoms with E-state index in [1.807, 2.05) is 27.7 Å². The van der Waals surface area contributed by atoms with Crippen molar-refractivity contribution >= 4 is 70.0 Å². The van der Waals surface area contributed by atoms with Crippen molar-refractivity contribution in [2.75, 3.05) is 32.5 Å². The van der Waals surface area contributed by atoms with Crippen LogP contribution in [0.5, 0.6) is 0 Å². The summed E-state index contributed by atoms with van der Waals surface area (Å²) in [6.45, 7) is 14.6. The van der Waals surface area contributed by atoms with Gasteiger partial charge < -0.3 is 56.2 Å². The van der Waals surface area contributed by atoms with E-state index in [-0.39, 0.29) is 55.0 Å². The van der Waals surface area contributed by atoms with Crippen molar-refractivity contribution in [2.24, 2.45) is 22.7 Å². The van der Waals surface area contributed by atoms with E-state index in [4.69, 9.17) is 9.73 Å². The van der Waals surface area contributed by atoms with E-state index in [1.165, 1.54) is 43.6 Å². The monoisotopic (exact) mass is 976 g/mol. The van der Waals surface area contributed by atoms with Crippen molar-refractivity contribution in [2.45, 2.75) is 168 Å². The SMILES string of the molecule is C/C=C1/NC(=O)[C@@H]2CSC(=N2)[C@@H]2CCCN2C(=O)[C@@H](CC(C)C)NC(=O)[C@@H](CC(C)C)NC(=O)[C@H](C)NC(=O)[C@@H](O)COC(=O)[C@H](C(C)C)N(C)C(=O)[C@H](C(C)O)NC(=O)[C@@H]2CCCCN2C1=O. The minimum atomic E-state index is -1.96. The highest BCUT2D eigenvalue weighted by Crippen LogP contribution is 2.31. The molecule has 0 aliphatic carbocycles. The smallest absolute Gasteiger partial charge is 0.329 e.